The summed E-state index contributed by atoms with van der Waals surface area (Å²) < 4.78 is 18.9. The van der Waals surface area contributed by atoms with E-state index in [1.165, 1.54) is 24.5 Å². The van der Waals surface area contributed by atoms with Crippen LogP contribution in [-0.2, 0) is 6.42 Å². The van der Waals surface area contributed by atoms with Crippen molar-refractivity contribution in [1.82, 2.24) is 4.98 Å². The minimum absolute atomic E-state index is 0.0194. The number of aromatic nitrogens is 1. The van der Waals surface area contributed by atoms with Crippen molar-refractivity contribution < 1.29 is 13.9 Å². The number of ketones is 1. The van der Waals surface area contributed by atoms with Crippen LogP contribution in [-0.4, -0.2) is 17.9 Å². The van der Waals surface area contributed by atoms with Crippen LogP contribution < -0.4 is 4.74 Å². The molecule has 0 amide bonds. The number of halogens is 1. The Kier molecular flexibility index (Phi) is 3.95. The highest BCUT2D eigenvalue weighted by molar-refractivity contribution is 7.13. The zero-order valence-corrected chi connectivity index (χ0v) is 11.8. The van der Waals surface area contributed by atoms with Crippen LogP contribution in [0.15, 0.2) is 18.2 Å². The fourth-order valence-electron chi connectivity index (χ4n) is 1.89. The van der Waals surface area contributed by atoms with Crippen molar-refractivity contribution in [2.24, 2.45) is 0 Å². The summed E-state index contributed by atoms with van der Waals surface area (Å²) in [6.07, 6.45) is 0.0194. The van der Waals surface area contributed by atoms with Gasteiger partial charge in [0.15, 0.2) is 17.3 Å². The molecule has 0 aliphatic heterocycles. The topological polar surface area (TPSA) is 39.2 Å². The maximum Gasteiger partial charge on any atom is 0.179 e. The summed E-state index contributed by atoms with van der Waals surface area (Å²) in [5.41, 5.74) is 1.05. The van der Waals surface area contributed by atoms with Crippen molar-refractivity contribution in [1.29, 1.82) is 0 Å². The van der Waals surface area contributed by atoms with Crippen molar-refractivity contribution >= 4 is 17.1 Å². The zero-order valence-electron chi connectivity index (χ0n) is 11.0. The van der Waals surface area contributed by atoms with E-state index in [0.29, 0.717) is 16.1 Å². The van der Waals surface area contributed by atoms with Gasteiger partial charge < -0.3 is 4.74 Å². The second-order valence-corrected chi connectivity index (χ2v) is 5.38. The Morgan fingerprint density at radius 2 is 2.16 bits per heavy atom. The molecule has 2 aromatic rings. The maximum absolute atomic E-state index is 14.0. The molecule has 0 spiro atoms. The normalized spacial score (nSPS) is 10.5. The summed E-state index contributed by atoms with van der Waals surface area (Å²) in [7, 11) is 1.40. The van der Waals surface area contributed by atoms with Crippen molar-refractivity contribution in [3.8, 4) is 5.75 Å². The Balaban J connectivity index is 2.27. The molecule has 1 aromatic carbocycles. The van der Waals surface area contributed by atoms with E-state index in [1.807, 2.05) is 6.92 Å². The van der Waals surface area contributed by atoms with Gasteiger partial charge in [0.1, 0.15) is 0 Å². The minimum atomic E-state index is -0.475. The van der Waals surface area contributed by atoms with Crippen LogP contribution in [0.3, 0.4) is 0 Å². The van der Waals surface area contributed by atoms with Gasteiger partial charge in [-0.3, -0.25) is 4.79 Å². The van der Waals surface area contributed by atoms with Gasteiger partial charge in [-0.15, -0.1) is 11.3 Å². The SMILES string of the molecule is COc1cccc(CC(=O)c2sc(C)nc2C)c1F. The molecule has 0 saturated heterocycles. The summed E-state index contributed by atoms with van der Waals surface area (Å²) in [6, 6.07) is 4.81. The predicted molar refractivity (Wildman–Crippen MR) is 72.6 cm³/mol. The van der Waals surface area contributed by atoms with Crippen molar-refractivity contribution in [3.63, 3.8) is 0 Å². The standard InChI is InChI=1S/C14H14FNO2S/c1-8-14(19-9(2)16-8)11(17)7-10-5-4-6-12(18-3)13(10)15/h4-6H,7H2,1-3H3. The number of hydrogen-bond donors (Lipinski definition) is 0. The number of hydrogen-bond acceptors (Lipinski definition) is 4. The smallest absolute Gasteiger partial charge is 0.179 e. The molecule has 0 aliphatic rings. The number of rotatable bonds is 4. The van der Waals surface area contributed by atoms with Gasteiger partial charge in [-0.25, -0.2) is 9.37 Å². The molecule has 0 aliphatic carbocycles. The molecule has 0 atom stereocenters. The molecule has 19 heavy (non-hydrogen) atoms. The minimum Gasteiger partial charge on any atom is -0.494 e. The summed E-state index contributed by atoms with van der Waals surface area (Å²) >= 11 is 1.34. The molecule has 2 rings (SSSR count). The first-order chi connectivity index (χ1) is 9.02. The monoisotopic (exact) mass is 279 g/mol. The fraction of sp³-hybridized carbons (Fsp3) is 0.286. The quantitative estimate of drug-likeness (QED) is 0.806. The molecule has 1 aromatic heterocycles. The summed E-state index contributed by atoms with van der Waals surface area (Å²) in [5, 5.41) is 0.840. The summed E-state index contributed by atoms with van der Waals surface area (Å²) in [5.74, 6) is -0.435. The number of methoxy groups -OCH3 is 1. The predicted octanol–water partition coefficient (Wildman–Crippen LogP) is 3.33. The first-order valence-corrected chi connectivity index (χ1v) is 6.63. The summed E-state index contributed by atoms with van der Waals surface area (Å²) in [4.78, 5) is 17.0. The lowest BCUT2D eigenvalue weighted by molar-refractivity contribution is 0.0995. The fourth-order valence-corrected chi connectivity index (χ4v) is 2.75. The molecule has 0 fully saturated rings. The number of carbonyl (C=O) groups excluding carboxylic acids is 1. The van der Waals surface area contributed by atoms with Gasteiger partial charge in [0.2, 0.25) is 0 Å². The Hall–Kier alpha value is -1.75. The van der Waals surface area contributed by atoms with E-state index in [1.54, 1.807) is 19.1 Å². The van der Waals surface area contributed by atoms with Gasteiger partial charge in [-0.1, -0.05) is 12.1 Å². The van der Waals surface area contributed by atoms with Crippen LogP contribution in [0.5, 0.6) is 5.75 Å². The highest BCUT2D eigenvalue weighted by Gasteiger charge is 2.17. The number of benzene rings is 1. The summed E-state index contributed by atoms with van der Waals surface area (Å²) in [6.45, 7) is 3.64. The van der Waals surface area contributed by atoms with E-state index >= 15 is 0 Å². The molecule has 1 heterocycles. The Labute approximate surface area is 115 Å². The number of thiazole rings is 1. The van der Waals surface area contributed by atoms with Gasteiger partial charge in [-0.2, -0.15) is 0 Å². The average molecular weight is 279 g/mol. The molecule has 0 N–H and O–H groups in total. The highest BCUT2D eigenvalue weighted by Crippen LogP contribution is 2.23. The number of carbonyl (C=O) groups is 1. The largest absolute Gasteiger partial charge is 0.494 e. The van der Waals surface area contributed by atoms with Crippen molar-refractivity contribution in [2.45, 2.75) is 20.3 Å². The second-order valence-electron chi connectivity index (χ2n) is 4.18. The Morgan fingerprint density at radius 3 is 2.74 bits per heavy atom. The lowest BCUT2D eigenvalue weighted by Gasteiger charge is -2.06. The third-order valence-corrected chi connectivity index (χ3v) is 3.88. The molecule has 0 bridgehead atoms. The van der Waals surface area contributed by atoms with Gasteiger partial charge in [0.25, 0.3) is 0 Å². The van der Waals surface area contributed by atoms with E-state index in [9.17, 15) is 9.18 Å². The average Bonchev–Trinajstić information content (AvgIpc) is 2.71. The van der Waals surface area contributed by atoms with Crippen LogP contribution in [0.25, 0.3) is 0 Å². The van der Waals surface area contributed by atoms with Gasteiger partial charge in [0.05, 0.1) is 22.7 Å². The van der Waals surface area contributed by atoms with Crippen LogP contribution >= 0.6 is 11.3 Å². The zero-order chi connectivity index (χ0) is 14.0. The highest BCUT2D eigenvalue weighted by atomic mass is 32.1. The van der Waals surface area contributed by atoms with Crippen LogP contribution in [0, 0.1) is 19.7 Å². The molecule has 3 nitrogen and oxygen atoms in total. The molecule has 5 heteroatoms. The Bertz CT molecular complexity index is 622. The van der Waals surface area contributed by atoms with E-state index in [2.05, 4.69) is 4.98 Å². The molecule has 0 unspecified atom stereocenters. The number of aryl methyl sites for hydroxylation is 2. The lowest BCUT2D eigenvalue weighted by Crippen LogP contribution is -2.05. The van der Waals surface area contributed by atoms with E-state index < -0.39 is 5.82 Å². The van der Waals surface area contributed by atoms with Crippen LogP contribution in [0.2, 0.25) is 0 Å². The number of nitrogens with zero attached hydrogens (tertiary/aromatic N) is 1. The number of ether oxygens (including phenoxy) is 1. The van der Waals surface area contributed by atoms with Gasteiger partial charge in [0, 0.05) is 6.42 Å². The van der Waals surface area contributed by atoms with Crippen molar-refractivity contribution in [3.05, 3.63) is 45.2 Å². The van der Waals surface area contributed by atoms with E-state index in [4.69, 9.17) is 4.74 Å². The van der Waals surface area contributed by atoms with Crippen molar-refractivity contribution in [2.75, 3.05) is 7.11 Å². The van der Waals surface area contributed by atoms with Crippen LogP contribution in [0.4, 0.5) is 4.39 Å². The first kappa shape index (κ1) is 13.7. The lowest BCUT2D eigenvalue weighted by atomic mass is 10.1. The second kappa shape index (κ2) is 5.48. The molecule has 0 saturated carbocycles. The van der Waals surface area contributed by atoms with Gasteiger partial charge >= 0.3 is 0 Å². The number of Topliss-reactive ketones (excluding diaryl/α,β-unsaturated/α-hetero) is 1. The molecular weight excluding hydrogens is 265 g/mol. The molecule has 0 radical (unpaired) electrons. The third-order valence-electron chi connectivity index (χ3n) is 2.77. The van der Waals surface area contributed by atoms with E-state index in [0.717, 1.165) is 5.01 Å². The van der Waals surface area contributed by atoms with Crippen LogP contribution in [0.1, 0.15) is 25.9 Å². The third kappa shape index (κ3) is 2.81. The maximum atomic E-state index is 14.0. The molecule has 100 valence electrons. The first-order valence-electron chi connectivity index (χ1n) is 5.81. The Morgan fingerprint density at radius 1 is 1.42 bits per heavy atom. The van der Waals surface area contributed by atoms with Gasteiger partial charge in [-0.05, 0) is 25.5 Å². The van der Waals surface area contributed by atoms with E-state index in [-0.39, 0.29) is 18.0 Å². The molecular formula is C14H14FNO2S.